The second kappa shape index (κ2) is 9.85. The zero-order valence-corrected chi connectivity index (χ0v) is 20.8. The van der Waals surface area contributed by atoms with Crippen LogP contribution in [0.4, 0.5) is 5.00 Å². The number of hydrogen-bond donors (Lipinski definition) is 0. The van der Waals surface area contributed by atoms with E-state index < -0.39 is 0 Å². The summed E-state index contributed by atoms with van der Waals surface area (Å²) in [7, 11) is 3.22. The first kappa shape index (κ1) is 23.0. The lowest BCUT2D eigenvalue weighted by molar-refractivity contribution is 0.340. The molecule has 1 aliphatic carbocycles. The van der Waals surface area contributed by atoms with Crippen molar-refractivity contribution in [1.82, 2.24) is 0 Å². The smallest absolute Gasteiger partial charge is 0.161 e. The van der Waals surface area contributed by atoms with Crippen LogP contribution in [0, 0.1) is 11.3 Å². The second-order valence-electron chi connectivity index (χ2n) is 8.27. The van der Waals surface area contributed by atoms with Gasteiger partial charge in [0.1, 0.15) is 28.2 Å². The minimum Gasteiger partial charge on any atom is -0.494 e. The summed E-state index contributed by atoms with van der Waals surface area (Å²) >= 11 is 1.63. The average Bonchev–Trinajstić information content (AvgIpc) is 3.25. The molecule has 4 aromatic rings. The molecule has 0 atom stereocenters. The normalized spacial score (nSPS) is 13.4. The zero-order chi connectivity index (χ0) is 24.4. The third-order valence-corrected chi connectivity index (χ3v) is 7.37. The van der Waals surface area contributed by atoms with Crippen molar-refractivity contribution in [1.29, 1.82) is 5.26 Å². The molecule has 1 aliphatic rings. The molecule has 6 nitrogen and oxygen atoms in total. The molecule has 7 heteroatoms. The number of aryl methyl sites for hydroxylation is 1. The fraction of sp³-hybridized carbons (Fsp3) is 0.286. The molecule has 0 radical (unpaired) electrons. The number of benzene rings is 2. The summed E-state index contributed by atoms with van der Waals surface area (Å²) in [5.74, 6) is 2.65. The Bertz CT molecular complexity index is 1510. The van der Waals surface area contributed by atoms with E-state index in [2.05, 4.69) is 6.07 Å². The van der Waals surface area contributed by atoms with E-state index in [-0.39, 0.29) is 0 Å². The van der Waals surface area contributed by atoms with Crippen LogP contribution in [0.5, 0.6) is 17.2 Å². The van der Waals surface area contributed by atoms with Crippen molar-refractivity contribution in [2.24, 2.45) is 4.99 Å². The van der Waals surface area contributed by atoms with Crippen LogP contribution in [-0.2, 0) is 12.8 Å². The molecule has 0 spiro atoms. The van der Waals surface area contributed by atoms with E-state index in [1.165, 1.54) is 10.4 Å². The van der Waals surface area contributed by atoms with E-state index in [0.29, 0.717) is 35.0 Å². The predicted octanol–water partition coefficient (Wildman–Crippen LogP) is 6.56. The third-order valence-electron chi connectivity index (χ3n) is 6.18. The maximum atomic E-state index is 9.94. The van der Waals surface area contributed by atoms with Crippen molar-refractivity contribution in [3.8, 4) is 34.6 Å². The van der Waals surface area contributed by atoms with Gasteiger partial charge in [0.25, 0.3) is 0 Å². The molecule has 2 aromatic carbocycles. The highest BCUT2D eigenvalue weighted by molar-refractivity contribution is 7.16. The maximum Gasteiger partial charge on any atom is 0.161 e. The fourth-order valence-corrected chi connectivity index (χ4v) is 5.71. The predicted molar refractivity (Wildman–Crippen MR) is 137 cm³/mol. The molecule has 0 amide bonds. The van der Waals surface area contributed by atoms with Gasteiger partial charge in [0, 0.05) is 21.9 Å². The molecule has 35 heavy (non-hydrogen) atoms. The number of methoxy groups -OCH3 is 2. The Morgan fingerprint density at radius 1 is 1.03 bits per heavy atom. The van der Waals surface area contributed by atoms with Gasteiger partial charge in [-0.1, -0.05) is 0 Å². The van der Waals surface area contributed by atoms with Gasteiger partial charge in [-0.15, -0.1) is 11.3 Å². The van der Waals surface area contributed by atoms with Crippen molar-refractivity contribution >= 4 is 27.3 Å². The highest BCUT2D eigenvalue weighted by atomic mass is 32.1. The summed E-state index contributed by atoms with van der Waals surface area (Å²) in [5, 5.41) is 12.3. The van der Waals surface area contributed by atoms with Gasteiger partial charge >= 0.3 is 0 Å². The van der Waals surface area contributed by atoms with E-state index in [9.17, 15) is 5.26 Å². The summed E-state index contributed by atoms with van der Waals surface area (Å²) in [5.41, 5.74) is 3.38. The second-order valence-corrected chi connectivity index (χ2v) is 9.35. The molecule has 0 saturated carbocycles. The number of fused-ring (bicyclic) bond motifs is 2. The minimum absolute atomic E-state index is 0.565. The Morgan fingerprint density at radius 3 is 2.63 bits per heavy atom. The van der Waals surface area contributed by atoms with Gasteiger partial charge in [0.2, 0.25) is 0 Å². The number of nitrogens with zero attached hydrogens (tertiary/aromatic N) is 2. The Kier molecular flexibility index (Phi) is 6.47. The Labute approximate surface area is 208 Å². The summed E-state index contributed by atoms with van der Waals surface area (Å²) in [6, 6.07) is 15.7. The topological polar surface area (TPSA) is 77.0 Å². The number of hydrogen-bond acceptors (Lipinski definition) is 7. The molecule has 0 unspecified atom stereocenters. The summed E-state index contributed by atoms with van der Waals surface area (Å²) < 4.78 is 22.9. The summed E-state index contributed by atoms with van der Waals surface area (Å²) in [4.78, 5) is 6.32. The molecule has 2 aromatic heterocycles. The number of ether oxygens (including phenoxy) is 3. The number of thiophene rings is 1. The average molecular weight is 487 g/mol. The molecule has 178 valence electrons. The molecule has 0 bridgehead atoms. The Morgan fingerprint density at radius 2 is 1.86 bits per heavy atom. The quantitative estimate of drug-likeness (QED) is 0.308. The van der Waals surface area contributed by atoms with Crippen LogP contribution >= 0.6 is 11.3 Å². The molecule has 0 saturated heterocycles. The molecule has 0 aliphatic heterocycles. The lowest BCUT2D eigenvalue weighted by atomic mass is 9.96. The summed E-state index contributed by atoms with van der Waals surface area (Å²) in [6.07, 6.45) is 4.24. The number of nitriles is 1. The van der Waals surface area contributed by atoms with Crippen molar-refractivity contribution < 1.29 is 18.6 Å². The van der Waals surface area contributed by atoms with Crippen molar-refractivity contribution in [3.05, 3.63) is 63.8 Å². The van der Waals surface area contributed by atoms with Gasteiger partial charge in [-0.25, -0.2) is 4.99 Å². The minimum atomic E-state index is 0.565. The van der Waals surface area contributed by atoms with Gasteiger partial charge in [0.05, 0.1) is 31.7 Å². The molecular weight excluding hydrogens is 460 g/mol. The monoisotopic (exact) mass is 486 g/mol. The molecule has 2 heterocycles. The highest BCUT2D eigenvalue weighted by Gasteiger charge is 2.21. The van der Waals surface area contributed by atoms with Crippen LogP contribution < -0.4 is 19.6 Å². The van der Waals surface area contributed by atoms with Gasteiger partial charge in [-0.2, -0.15) is 5.26 Å². The summed E-state index contributed by atoms with van der Waals surface area (Å²) in [6.45, 7) is 2.52. The van der Waals surface area contributed by atoms with Gasteiger partial charge in [-0.05, 0) is 74.6 Å². The van der Waals surface area contributed by atoms with Crippen LogP contribution in [0.1, 0.15) is 35.8 Å². The molecular formula is C28H26N2O4S. The van der Waals surface area contributed by atoms with Crippen LogP contribution in [0.3, 0.4) is 0 Å². The standard InChI is InChI=1S/C28H26N2O4S/c1-4-33-18-10-12-23-20(14-18)22(30-28-21(16-29)19-7-5-6-8-27(19)35-28)15-25(34-23)17-9-11-24(31-2)26(13-17)32-3/h9-15H,4-8H2,1-3H3/b30-22+. The number of rotatable bonds is 6. The fourth-order valence-electron chi connectivity index (χ4n) is 4.48. The lowest BCUT2D eigenvalue weighted by Gasteiger charge is -2.11. The Balaban J connectivity index is 1.75. The molecule has 5 rings (SSSR count). The van der Waals surface area contributed by atoms with Crippen LogP contribution in [0.2, 0.25) is 0 Å². The van der Waals surface area contributed by atoms with Crippen LogP contribution in [0.25, 0.3) is 22.3 Å². The first-order chi connectivity index (χ1) is 17.1. The molecule has 0 N–H and O–H groups in total. The van der Waals surface area contributed by atoms with E-state index in [1.807, 2.05) is 49.4 Å². The third kappa shape index (κ3) is 4.38. The van der Waals surface area contributed by atoms with Crippen molar-refractivity contribution in [2.75, 3.05) is 20.8 Å². The van der Waals surface area contributed by atoms with E-state index in [4.69, 9.17) is 23.6 Å². The first-order valence-electron chi connectivity index (χ1n) is 11.7. The van der Waals surface area contributed by atoms with Crippen molar-refractivity contribution in [2.45, 2.75) is 32.6 Å². The van der Waals surface area contributed by atoms with Gasteiger partial charge < -0.3 is 18.6 Å². The SMILES string of the molecule is CCOc1ccc2oc(-c3ccc(OC)c(OC)c3)c/c(=N\c3sc4c(c3C#N)CCCC4)c2c1. The van der Waals surface area contributed by atoms with Gasteiger partial charge in [0.15, 0.2) is 11.5 Å². The van der Waals surface area contributed by atoms with Gasteiger partial charge in [-0.3, -0.25) is 0 Å². The van der Waals surface area contributed by atoms with E-state index in [1.54, 1.807) is 25.6 Å². The first-order valence-corrected chi connectivity index (χ1v) is 12.5. The molecule has 0 fully saturated rings. The van der Waals surface area contributed by atoms with E-state index in [0.717, 1.165) is 52.7 Å². The Hall–Kier alpha value is -3.76. The maximum absolute atomic E-state index is 9.94. The van der Waals surface area contributed by atoms with Crippen LogP contribution in [-0.4, -0.2) is 20.8 Å². The largest absolute Gasteiger partial charge is 0.494 e. The van der Waals surface area contributed by atoms with E-state index >= 15 is 0 Å². The van der Waals surface area contributed by atoms with Crippen molar-refractivity contribution in [3.63, 3.8) is 0 Å². The van der Waals surface area contributed by atoms with Crippen LogP contribution in [0.15, 0.2) is 51.9 Å². The zero-order valence-electron chi connectivity index (χ0n) is 20.0. The lowest BCUT2D eigenvalue weighted by Crippen LogP contribution is -2.04. The highest BCUT2D eigenvalue weighted by Crippen LogP contribution is 2.39.